The van der Waals surface area contributed by atoms with Crippen LogP contribution < -0.4 is 5.32 Å². The second kappa shape index (κ2) is 21.1. The van der Waals surface area contributed by atoms with Crippen LogP contribution in [0.3, 0.4) is 0 Å². The van der Waals surface area contributed by atoms with Gasteiger partial charge in [0.1, 0.15) is 6.54 Å². The van der Waals surface area contributed by atoms with Gasteiger partial charge in [-0.05, 0) is 39.0 Å². The Hall–Kier alpha value is -1.16. The number of nitrogens with zero attached hydrogens (tertiary/aromatic N) is 2. The number of allylic oxidation sites excluding steroid dienone is 2. The minimum absolute atomic E-state index is 0.0696. The Morgan fingerprint density at radius 1 is 0.853 bits per heavy atom. The van der Waals surface area contributed by atoms with Crippen molar-refractivity contribution in [2.24, 2.45) is 4.99 Å². The molecule has 0 saturated carbocycles. The van der Waals surface area contributed by atoms with E-state index in [0.29, 0.717) is 6.17 Å². The second-order valence-corrected chi connectivity index (χ2v) is 10.5. The number of quaternary nitrogens is 1. The number of nitrogens with one attached hydrogen (secondary N) is 1. The fourth-order valence-corrected chi connectivity index (χ4v) is 5.24. The molecule has 1 aliphatic heterocycles. The summed E-state index contributed by atoms with van der Waals surface area (Å²) < 4.78 is 1.02. The number of carbonyl (C=O) groups is 1. The number of unbranched alkanes of at least 4 members (excludes halogenated alkanes) is 15. The molecule has 1 rings (SSSR count). The Morgan fingerprint density at radius 2 is 1.38 bits per heavy atom. The summed E-state index contributed by atoms with van der Waals surface area (Å²) in [5.74, 6) is 0.0696. The number of likely N-dealkylation sites (N-methyl/N-ethyl adjacent to an activating group) is 1. The van der Waals surface area contributed by atoms with E-state index in [2.05, 4.69) is 37.5 Å². The van der Waals surface area contributed by atoms with Crippen LogP contribution >= 0.6 is 0 Å². The fraction of sp³-hybridized carbons (Fsp3) is 0.867. The third-order valence-corrected chi connectivity index (χ3v) is 7.64. The zero-order valence-electron chi connectivity index (χ0n) is 23.2. The Kier molecular flexibility index (Phi) is 19.2. The normalized spacial score (nSPS) is 19.9. The summed E-state index contributed by atoms with van der Waals surface area (Å²) in [6.45, 7) is 10.0. The van der Waals surface area contributed by atoms with Gasteiger partial charge in [0.2, 0.25) is 5.91 Å². The van der Waals surface area contributed by atoms with E-state index in [4.69, 9.17) is 4.99 Å². The third-order valence-electron chi connectivity index (χ3n) is 7.64. The minimum Gasteiger partial charge on any atom is -0.351 e. The molecule has 4 heteroatoms. The molecule has 0 aromatic rings. The molecule has 0 aromatic carbocycles. The molecule has 2 unspecified atom stereocenters. The highest BCUT2D eigenvalue weighted by molar-refractivity contribution is 5.72. The molecule has 0 fully saturated rings. The number of hydrogen-bond acceptors (Lipinski definition) is 2. The van der Waals surface area contributed by atoms with Crippen molar-refractivity contribution in [2.75, 3.05) is 26.2 Å². The van der Waals surface area contributed by atoms with E-state index in [1.54, 1.807) is 6.92 Å². The van der Waals surface area contributed by atoms with Crippen molar-refractivity contribution < 1.29 is 9.28 Å². The molecular formula is C30H58N3O+. The fourth-order valence-electron chi connectivity index (χ4n) is 5.24. The predicted octanol–water partition coefficient (Wildman–Crippen LogP) is 7.97. The maximum atomic E-state index is 11.2. The molecule has 0 radical (unpaired) electrons. The summed E-state index contributed by atoms with van der Waals surface area (Å²) in [5, 5.41) is 2.97. The van der Waals surface area contributed by atoms with Gasteiger partial charge in [-0.25, -0.2) is 4.99 Å². The van der Waals surface area contributed by atoms with Crippen LogP contribution in [-0.2, 0) is 4.79 Å². The SMILES string of the molecule is CCCCCCCCCCC/C=C/CCCCCCCCC1N=CC[N+]1(CC)CCNC(C)=O. The van der Waals surface area contributed by atoms with Crippen molar-refractivity contribution in [3.05, 3.63) is 12.2 Å². The van der Waals surface area contributed by atoms with Crippen LogP contribution in [0.4, 0.5) is 0 Å². The van der Waals surface area contributed by atoms with Gasteiger partial charge in [-0.3, -0.25) is 9.28 Å². The van der Waals surface area contributed by atoms with E-state index < -0.39 is 0 Å². The highest BCUT2D eigenvalue weighted by atomic mass is 16.1. The van der Waals surface area contributed by atoms with Gasteiger partial charge in [-0.2, -0.15) is 0 Å². The van der Waals surface area contributed by atoms with Gasteiger partial charge >= 0.3 is 0 Å². The van der Waals surface area contributed by atoms with Gasteiger partial charge in [0, 0.05) is 13.3 Å². The van der Waals surface area contributed by atoms with Crippen molar-refractivity contribution in [3.8, 4) is 0 Å². The summed E-state index contributed by atoms with van der Waals surface area (Å²) >= 11 is 0. The molecule has 1 aliphatic rings. The molecule has 0 spiro atoms. The van der Waals surface area contributed by atoms with Gasteiger partial charge < -0.3 is 5.32 Å². The first-order valence-electron chi connectivity index (χ1n) is 14.9. The van der Waals surface area contributed by atoms with Crippen molar-refractivity contribution in [2.45, 2.75) is 143 Å². The smallest absolute Gasteiger partial charge is 0.217 e. The second-order valence-electron chi connectivity index (χ2n) is 10.5. The highest BCUT2D eigenvalue weighted by Gasteiger charge is 2.37. The monoisotopic (exact) mass is 476 g/mol. The van der Waals surface area contributed by atoms with E-state index in [1.807, 2.05) is 0 Å². The first-order chi connectivity index (χ1) is 16.6. The Morgan fingerprint density at radius 3 is 1.91 bits per heavy atom. The van der Waals surface area contributed by atoms with Gasteiger partial charge in [0.25, 0.3) is 0 Å². The summed E-state index contributed by atoms with van der Waals surface area (Å²) in [4.78, 5) is 16.0. The molecule has 34 heavy (non-hydrogen) atoms. The Bertz CT molecular complexity index is 545. The zero-order chi connectivity index (χ0) is 24.7. The number of hydrogen-bond donors (Lipinski definition) is 1. The first-order valence-corrected chi connectivity index (χ1v) is 14.9. The van der Waals surface area contributed by atoms with Crippen molar-refractivity contribution >= 4 is 12.1 Å². The summed E-state index contributed by atoms with van der Waals surface area (Å²) in [6.07, 6.45) is 31.9. The van der Waals surface area contributed by atoms with E-state index in [9.17, 15) is 4.79 Å². The van der Waals surface area contributed by atoms with E-state index in [-0.39, 0.29) is 5.91 Å². The lowest BCUT2D eigenvalue weighted by Gasteiger charge is -2.38. The third kappa shape index (κ3) is 15.0. The van der Waals surface area contributed by atoms with Crippen LogP contribution in [0, 0.1) is 0 Å². The summed E-state index contributed by atoms with van der Waals surface area (Å²) in [6, 6.07) is 0. The number of amides is 1. The molecule has 0 aliphatic carbocycles. The summed E-state index contributed by atoms with van der Waals surface area (Å²) in [5.41, 5.74) is 0. The van der Waals surface area contributed by atoms with Crippen LogP contribution in [0.5, 0.6) is 0 Å². The standard InChI is InChI=1S/C30H57N3O/c1-4-6-7-8-9-10-11-12-13-14-15-16-17-18-19-20-21-22-23-24-30-32-26-28-33(30,5-2)27-25-31-29(3)34/h15-16,26,30H,4-14,17-25,27-28H2,1-3H3/p+1/b16-15+. The molecule has 198 valence electrons. The van der Waals surface area contributed by atoms with Gasteiger partial charge in [0.05, 0.1) is 25.8 Å². The molecule has 1 amide bonds. The molecule has 1 N–H and O–H groups in total. The Balaban J connectivity index is 1.92. The molecule has 2 atom stereocenters. The predicted molar refractivity (Wildman–Crippen MR) is 149 cm³/mol. The topological polar surface area (TPSA) is 41.5 Å². The quantitative estimate of drug-likeness (QED) is 0.0906. The van der Waals surface area contributed by atoms with E-state index in [1.165, 1.54) is 116 Å². The van der Waals surface area contributed by atoms with Crippen LogP contribution in [0.15, 0.2) is 17.1 Å². The van der Waals surface area contributed by atoms with Gasteiger partial charge in [-0.1, -0.05) is 96.1 Å². The molecule has 0 bridgehead atoms. The molecular weight excluding hydrogens is 418 g/mol. The maximum absolute atomic E-state index is 11.2. The minimum atomic E-state index is 0.0696. The number of rotatable bonds is 23. The molecule has 0 aromatic heterocycles. The largest absolute Gasteiger partial charge is 0.351 e. The Labute approximate surface area is 212 Å². The van der Waals surface area contributed by atoms with Crippen molar-refractivity contribution in [3.63, 3.8) is 0 Å². The average molecular weight is 477 g/mol. The lowest BCUT2D eigenvalue weighted by atomic mass is 10.1. The average Bonchev–Trinajstić information content (AvgIpc) is 3.23. The van der Waals surface area contributed by atoms with Gasteiger partial charge in [-0.15, -0.1) is 0 Å². The van der Waals surface area contributed by atoms with Crippen LogP contribution in [0.25, 0.3) is 0 Å². The molecule has 4 nitrogen and oxygen atoms in total. The highest BCUT2D eigenvalue weighted by Crippen LogP contribution is 2.24. The zero-order valence-corrected chi connectivity index (χ0v) is 23.2. The lowest BCUT2D eigenvalue weighted by Crippen LogP contribution is -2.55. The molecule has 0 saturated heterocycles. The lowest BCUT2D eigenvalue weighted by molar-refractivity contribution is -0.935. The molecule has 1 heterocycles. The van der Waals surface area contributed by atoms with Crippen LogP contribution in [0.2, 0.25) is 0 Å². The van der Waals surface area contributed by atoms with Crippen molar-refractivity contribution in [1.29, 1.82) is 0 Å². The maximum Gasteiger partial charge on any atom is 0.217 e. The summed E-state index contributed by atoms with van der Waals surface area (Å²) in [7, 11) is 0. The van der Waals surface area contributed by atoms with Crippen molar-refractivity contribution in [1.82, 2.24) is 5.32 Å². The van der Waals surface area contributed by atoms with Crippen LogP contribution in [-0.4, -0.2) is 48.9 Å². The van der Waals surface area contributed by atoms with E-state index in [0.717, 1.165) is 30.7 Å². The first kappa shape index (κ1) is 30.9. The number of carbonyl (C=O) groups excluding carboxylic acids is 1. The van der Waals surface area contributed by atoms with Crippen LogP contribution in [0.1, 0.15) is 136 Å². The van der Waals surface area contributed by atoms with E-state index >= 15 is 0 Å². The van der Waals surface area contributed by atoms with Gasteiger partial charge in [0.15, 0.2) is 6.17 Å². The number of aliphatic imine (C=N–C) groups is 1.